The van der Waals surface area contributed by atoms with Crippen LogP contribution in [0.15, 0.2) is 53.6 Å². The number of para-hydroxylation sites is 2. The van der Waals surface area contributed by atoms with Gasteiger partial charge in [0.2, 0.25) is 0 Å². The molecule has 0 radical (unpaired) electrons. The van der Waals surface area contributed by atoms with Crippen LogP contribution in [0.2, 0.25) is 10.2 Å². The van der Waals surface area contributed by atoms with Gasteiger partial charge in [-0.2, -0.15) is 10.2 Å². The minimum absolute atomic E-state index is 0.0631. The van der Waals surface area contributed by atoms with E-state index in [-0.39, 0.29) is 11.4 Å². The maximum Gasteiger partial charge on any atom is 0.294 e. The fourth-order valence-corrected chi connectivity index (χ4v) is 2.98. The number of hydrogen-bond donors (Lipinski definition) is 1. The molecule has 1 heterocycles. The van der Waals surface area contributed by atoms with E-state index in [0.29, 0.717) is 28.0 Å². The van der Waals surface area contributed by atoms with Gasteiger partial charge in [-0.15, -0.1) is 0 Å². The number of nitro groups is 1. The first kappa shape index (κ1) is 18.9. The van der Waals surface area contributed by atoms with Crippen molar-refractivity contribution < 1.29 is 4.92 Å². The molecule has 0 aliphatic carbocycles. The third kappa shape index (κ3) is 4.27. The summed E-state index contributed by atoms with van der Waals surface area (Å²) >= 11 is 12.6. The average Bonchev–Trinajstić information content (AvgIpc) is 2.91. The van der Waals surface area contributed by atoms with Crippen LogP contribution in [0.25, 0.3) is 0 Å². The van der Waals surface area contributed by atoms with E-state index in [1.54, 1.807) is 35.9 Å². The van der Waals surface area contributed by atoms with Crippen molar-refractivity contribution in [3.8, 4) is 0 Å². The first-order valence-electron chi connectivity index (χ1n) is 7.96. The molecule has 0 aliphatic heterocycles. The molecule has 1 N–H and O–H groups in total. The molecule has 0 unspecified atom stereocenters. The van der Waals surface area contributed by atoms with Crippen molar-refractivity contribution in [2.45, 2.75) is 13.5 Å². The normalized spacial score (nSPS) is 11.1. The molecule has 3 aromatic rings. The number of benzene rings is 2. The first-order valence-corrected chi connectivity index (χ1v) is 8.71. The molecule has 0 fully saturated rings. The molecule has 0 bridgehead atoms. The van der Waals surface area contributed by atoms with Gasteiger partial charge in [0, 0.05) is 11.1 Å². The lowest BCUT2D eigenvalue weighted by Crippen LogP contribution is -2.02. The van der Waals surface area contributed by atoms with Crippen LogP contribution in [0, 0.1) is 17.0 Å². The first-order chi connectivity index (χ1) is 13.0. The van der Waals surface area contributed by atoms with Crippen LogP contribution in [0.1, 0.15) is 16.8 Å². The Hall–Kier alpha value is -2.90. The molecule has 138 valence electrons. The maximum absolute atomic E-state index is 11.0. The molecule has 1 aromatic heterocycles. The molecule has 0 aliphatic rings. The SMILES string of the molecule is Cc1nn(Cc2ccccc2Cl)c(Cl)c1/C=N\Nc1ccccc1[N+](=O)[O-]. The number of rotatable bonds is 6. The van der Waals surface area contributed by atoms with Gasteiger partial charge in [0.1, 0.15) is 10.8 Å². The molecular formula is C18H15Cl2N5O2. The number of nitrogens with zero attached hydrogens (tertiary/aromatic N) is 4. The minimum Gasteiger partial charge on any atom is -0.272 e. The van der Waals surface area contributed by atoms with Gasteiger partial charge in [0.15, 0.2) is 0 Å². The Bertz CT molecular complexity index is 1020. The molecule has 0 saturated heterocycles. The number of halogens is 2. The van der Waals surface area contributed by atoms with E-state index in [1.807, 2.05) is 18.2 Å². The summed E-state index contributed by atoms with van der Waals surface area (Å²) in [7, 11) is 0. The van der Waals surface area contributed by atoms with Crippen LogP contribution >= 0.6 is 23.2 Å². The monoisotopic (exact) mass is 403 g/mol. The van der Waals surface area contributed by atoms with Gasteiger partial charge in [-0.1, -0.05) is 53.5 Å². The van der Waals surface area contributed by atoms with Crippen molar-refractivity contribution >= 4 is 40.8 Å². The summed E-state index contributed by atoms with van der Waals surface area (Å²) in [6, 6.07) is 13.7. The van der Waals surface area contributed by atoms with Crippen LogP contribution in [0.4, 0.5) is 11.4 Å². The summed E-state index contributed by atoms with van der Waals surface area (Å²) in [5.74, 6) is 0. The quantitative estimate of drug-likeness (QED) is 0.360. The zero-order chi connectivity index (χ0) is 19.4. The molecule has 0 atom stereocenters. The second kappa shape index (κ2) is 8.20. The number of aromatic nitrogens is 2. The minimum atomic E-state index is -0.474. The van der Waals surface area contributed by atoms with E-state index in [0.717, 1.165) is 5.56 Å². The van der Waals surface area contributed by atoms with Crippen LogP contribution < -0.4 is 5.43 Å². The molecule has 2 aromatic carbocycles. The third-order valence-corrected chi connectivity index (χ3v) is 4.63. The number of anilines is 1. The van der Waals surface area contributed by atoms with Gasteiger partial charge < -0.3 is 0 Å². The summed E-state index contributed by atoms with van der Waals surface area (Å²) in [6.07, 6.45) is 1.49. The molecular weight excluding hydrogens is 389 g/mol. The van der Waals surface area contributed by atoms with E-state index in [9.17, 15) is 10.1 Å². The molecule has 7 nitrogen and oxygen atoms in total. The van der Waals surface area contributed by atoms with Crippen molar-refractivity contribution in [2.75, 3.05) is 5.43 Å². The van der Waals surface area contributed by atoms with Gasteiger partial charge >= 0.3 is 0 Å². The van der Waals surface area contributed by atoms with Gasteiger partial charge in [0.05, 0.1) is 28.9 Å². The van der Waals surface area contributed by atoms with Crippen molar-refractivity contribution in [3.05, 3.63) is 85.6 Å². The lowest BCUT2D eigenvalue weighted by Gasteiger charge is -2.05. The Morgan fingerprint density at radius 3 is 2.67 bits per heavy atom. The maximum atomic E-state index is 11.0. The predicted molar refractivity (Wildman–Crippen MR) is 107 cm³/mol. The smallest absolute Gasteiger partial charge is 0.272 e. The van der Waals surface area contributed by atoms with Gasteiger partial charge in [-0.3, -0.25) is 15.5 Å². The summed E-state index contributed by atoms with van der Waals surface area (Å²) in [5.41, 5.74) is 5.10. The molecule has 27 heavy (non-hydrogen) atoms. The Balaban J connectivity index is 1.80. The summed E-state index contributed by atoms with van der Waals surface area (Å²) in [6.45, 7) is 2.23. The van der Waals surface area contributed by atoms with Crippen LogP contribution in [-0.4, -0.2) is 20.9 Å². The Morgan fingerprint density at radius 1 is 1.22 bits per heavy atom. The van der Waals surface area contributed by atoms with Crippen LogP contribution in [0.5, 0.6) is 0 Å². The van der Waals surface area contributed by atoms with Crippen molar-refractivity contribution in [1.29, 1.82) is 0 Å². The highest BCUT2D eigenvalue weighted by atomic mass is 35.5. The lowest BCUT2D eigenvalue weighted by molar-refractivity contribution is -0.384. The van der Waals surface area contributed by atoms with Gasteiger partial charge in [-0.25, -0.2) is 4.68 Å². The van der Waals surface area contributed by atoms with Crippen LogP contribution in [-0.2, 0) is 6.54 Å². The fraction of sp³-hybridized carbons (Fsp3) is 0.111. The highest BCUT2D eigenvalue weighted by Crippen LogP contribution is 2.24. The highest BCUT2D eigenvalue weighted by molar-refractivity contribution is 6.32. The van der Waals surface area contributed by atoms with Crippen molar-refractivity contribution in [2.24, 2.45) is 5.10 Å². The average molecular weight is 404 g/mol. The lowest BCUT2D eigenvalue weighted by atomic mass is 10.2. The van der Waals surface area contributed by atoms with E-state index in [4.69, 9.17) is 23.2 Å². The summed E-state index contributed by atoms with van der Waals surface area (Å²) < 4.78 is 1.63. The largest absolute Gasteiger partial charge is 0.294 e. The van der Waals surface area contributed by atoms with E-state index in [2.05, 4.69) is 15.6 Å². The van der Waals surface area contributed by atoms with E-state index >= 15 is 0 Å². The Labute approximate surface area is 165 Å². The van der Waals surface area contributed by atoms with Crippen molar-refractivity contribution in [3.63, 3.8) is 0 Å². The van der Waals surface area contributed by atoms with Gasteiger partial charge in [0.25, 0.3) is 5.69 Å². The van der Waals surface area contributed by atoms with Gasteiger partial charge in [-0.05, 0) is 24.6 Å². The zero-order valence-electron chi connectivity index (χ0n) is 14.3. The number of aryl methyl sites for hydroxylation is 1. The van der Waals surface area contributed by atoms with E-state index < -0.39 is 4.92 Å². The van der Waals surface area contributed by atoms with E-state index in [1.165, 1.54) is 12.3 Å². The summed E-state index contributed by atoms with van der Waals surface area (Å²) in [4.78, 5) is 10.6. The summed E-state index contributed by atoms with van der Waals surface area (Å²) in [5, 5.41) is 20.6. The highest BCUT2D eigenvalue weighted by Gasteiger charge is 2.14. The fourth-order valence-electron chi connectivity index (χ4n) is 2.50. The third-order valence-electron chi connectivity index (χ3n) is 3.87. The molecule has 0 amide bonds. The Morgan fingerprint density at radius 2 is 1.93 bits per heavy atom. The standard InChI is InChI=1S/C18H15Cl2N5O2/c1-12-14(10-21-22-16-8-4-5-9-17(16)25(26)27)18(20)24(23-12)11-13-6-2-3-7-15(13)19/h2-10,22H,11H2,1H3/b21-10-. The number of hydrazone groups is 1. The topological polar surface area (TPSA) is 85.3 Å². The zero-order valence-corrected chi connectivity index (χ0v) is 15.8. The molecule has 9 heteroatoms. The molecule has 3 rings (SSSR count). The van der Waals surface area contributed by atoms with Crippen molar-refractivity contribution in [1.82, 2.24) is 9.78 Å². The Kier molecular flexibility index (Phi) is 5.73. The molecule has 0 spiro atoms. The molecule has 0 saturated carbocycles. The number of hydrogen-bond acceptors (Lipinski definition) is 5. The predicted octanol–water partition coefficient (Wildman–Crippen LogP) is 4.90. The number of nitrogens with one attached hydrogen (secondary N) is 1. The van der Waals surface area contributed by atoms with Crippen LogP contribution in [0.3, 0.4) is 0 Å². The second-order valence-corrected chi connectivity index (χ2v) is 6.45. The second-order valence-electron chi connectivity index (χ2n) is 5.68. The number of nitro benzene ring substituents is 1.